The number of fused-ring (bicyclic) bond motifs is 2. The predicted octanol–water partition coefficient (Wildman–Crippen LogP) is 2.54. The molecule has 1 saturated heterocycles. The number of nitrogens with two attached hydrogens (primary N) is 2. The number of anilines is 2. The lowest BCUT2D eigenvalue weighted by Gasteiger charge is -2.39. The normalized spacial score (nSPS) is 13.8. The van der Waals surface area contributed by atoms with Crippen LogP contribution in [0.4, 0.5) is 11.9 Å². The minimum atomic E-state index is -3.93. The molecule has 0 radical (unpaired) electrons. The van der Waals surface area contributed by atoms with Crippen molar-refractivity contribution in [2.75, 3.05) is 50.5 Å². The molecule has 6 aromatic rings. The number of allylic oxidation sites excluding steroid dienone is 2. The number of primary amides is 1. The number of nitrogens with one attached hydrogen (secondary N) is 2. The van der Waals surface area contributed by atoms with Gasteiger partial charge in [0.2, 0.25) is 33.7 Å². The van der Waals surface area contributed by atoms with Crippen molar-refractivity contribution in [3.63, 3.8) is 0 Å². The first kappa shape index (κ1) is 51.8. The van der Waals surface area contributed by atoms with Crippen molar-refractivity contribution < 1.29 is 46.7 Å². The number of ether oxygens (including phenoxy) is 2. The van der Waals surface area contributed by atoms with Gasteiger partial charge in [0.05, 0.1) is 52.2 Å². The molecule has 6 N–H and O–H groups in total. The number of aryl methyl sites for hydroxylation is 4. The van der Waals surface area contributed by atoms with Gasteiger partial charge in [-0.05, 0) is 70.2 Å². The SMILES string of the molecule is CCn1nc(C)cc1C(=O)Nc1nc2cc(C(N)=O)cc(OCCCOC3CN(C(=O)CCN4C(=O)C=CC4=O)C3)c2n1C/C=C/Cn1c(NC)nc2cc(S(N)(=O)=O)ccc21.CCn1nc(C)cc1C=O. The molecule has 0 saturated carbocycles. The maximum atomic E-state index is 13.7. The summed E-state index contributed by atoms with van der Waals surface area (Å²) in [6, 6.07) is 11.0. The van der Waals surface area contributed by atoms with Crippen LogP contribution in [0.25, 0.3) is 22.1 Å². The molecule has 0 atom stereocenters. The summed E-state index contributed by atoms with van der Waals surface area (Å²) in [5.74, 6) is -1.23. The Morgan fingerprint density at radius 2 is 1.53 bits per heavy atom. The van der Waals surface area contributed by atoms with E-state index in [4.69, 9.17) is 25.3 Å². The van der Waals surface area contributed by atoms with Crippen LogP contribution in [0.2, 0.25) is 0 Å². The molecule has 0 aliphatic carbocycles. The smallest absolute Gasteiger partial charge is 0.276 e. The van der Waals surface area contributed by atoms with Gasteiger partial charge in [0.1, 0.15) is 22.7 Å². The number of aldehydes is 1. The summed E-state index contributed by atoms with van der Waals surface area (Å²) in [5, 5.41) is 19.8. The molecule has 0 bridgehead atoms. The highest BCUT2D eigenvalue weighted by Gasteiger charge is 2.32. The van der Waals surface area contributed by atoms with Gasteiger partial charge in [0.15, 0.2) is 6.29 Å². The Bertz CT molecular complexity index is 3210. The first-order valence-electron chi connectivity index (χ1n) is 23.0. The fraction of sp³-hybridized carbons (Fsp3) is 0.362. The van der Waals surface area contributed by atoms with Crippen molar-refractivity contribution in [1.82, 2.24) is 48.5 Å². The van der Waals surface area contributed by atoms with Gasteiger partial charge in [-0.2, -0.15) is 10.2 Å². The average molecular weight is 1010 g/mol. The Kier molecular flexibility index (Phi) is 16.1. The van der Waals surface area contributed by atoms with Gasteiger partial charge in [-0.3, -0.25) is 48.3 Å². The molecule has 380 valence electrons. The Hall–Kier alpha value is -8.03. The van der Waals surface area contributed by atoms with Crippen LogP contribution in [0.1, 0.15) is 69.4 Å². The molecule has 5 amide bonds. The van der Waals surface area contributed by atoms with E-state index < -0.39 is 33.7 Å². The van der Waals surface area contributed by atoms with E-state index in [1.54, 1.807) is 51.0 Å². The zero-order valence-electron chi connectivity index (χ0n) is 40.4. The standard InChI is InChI=1S/C40H46N12O9S.C7H10N2O/c1-4-52-31(18-24(2)47-52)38(57)46-40-45-29-19-25(37(41)56)20-32(61-17-7-16-60-26-22-48(23-26)33(53)12-15-50-34(54)10-11-35(50)55)36(29)51(40)14-6-5-13-49-30-9-8-27(62(42,58)59)21-28(30)44-39(49)43-3;1-3-9-7(5-10)4-6(2)8-9/h5-6,8-11,18-21,26H,4,7,12-17,22-23H2,1-3H3,(H2,41,56)(H,43,44)(H2,42,58,59)(H,45,46,57);4-5H,3H2,1-2H3/b6-5+;. The Balaban J connectivity index is 0.000000679. The zero-order valence-corrected chi connectivity index (χ0v) is 41.2. The van der Waals surface area contributed by atoms with Crippen LogP contribution in [-0.2, 0) is 55.3 Å². The third-order valence-electron chi connectivity index (χ3n) is 11.7. The number of nitrogens with zero attached hydrogens (tertiary/aromatic N) is 10. The predicted molar refractivity (Wildman–Crippen MR) is 264 cm³/mol. The van der Waals surface area contributed by atoms with Gasteiger partial charge in [-0.15, -0.1) is 0 Å². The third kappa shape index (κ3) is 11.8. The molecule has 24 nitrogen and oxygen atoms in total. The number of carbonyl (C=O) groups excluding carboxylic acids is 6. The first-order chi connectivity index (χ1) is 34.4. The Morgan fingerprint density at radius 1 is 0.861 bits per heavy atom. The van der Waals surface area contributed by atoms with E-state index in [-0.39, 0.29) is 54.5 Å². The van der Waals surface area contributed by atoms with Crippen LogP contribution in [0, 0.1) is 13.8 Å². The minimum absolute atomic E-state index is 0.0225. The molecule has 1 fully saturated rings. The number of likely N-dealkylation sites (tertiary alicyclic amines) is 1. The van der Waals surface area contributed by atoms with Crippen LogP contribution < -0.4 is 26.2 Å². The highest BCUT2D eigenvalue weighted by Crippen LogP contribution is 2.32. The summed E-state index contributed by atoms with van der Waals surface area (Å²) < 4.78 is 43.0. The number of hydrogen-bond acceptors (Lipinski definition) is 15. The van der Waals surface area contributed by atoms with Gasteiger partial charge in [0.25, 0.3) is 17.7 Å². The zero-order chi connectivity index (χ0) is 51.9. The van der Waals surface area contributed by atoms with Crippen molar-refractivity contribution in [3.05, 3.63) is 95.1 Å². The minimum Gasteiger partial charge on any atom is -0.491 e. The number of hydrogen-bond donors (Lipinski definition) is 4. The fourth-order valence-corrected chi connectivity index (χ4v) is 8.62. The number of imide groups is 1. The van der Waals surface area contributed by atoms with E-state index in [0.717, 1.165) is 23.4 Å². The number of sulfonamides is 1. The summed E-state index contributed by atoms with van der Waals surface area (Å²) in [6.45, 7) is 10.5. The van der Waals surface area contributed by atoms with E-state index in [0.29, 0.717) is 90.1 Å². The van der Waals surface area contributed by atoms with Crippen LogP contribution in [0.5, 0.6) is 5.75 Å². The second-order valence-corrected chi connectivity index (χ2v) is 18.3. The van der Waals surface area contributed by atoms with E-state index in [1.165, 1.54) is 36.4 Å². The largest absolute Gasteiger partial charge is 0.491 e. The number of primary sulfonamides is 1. The summed E-state index contributed by atoms with van der Waals surface area (Å²) in [5.41, 5.74) is 10.3. The Morgan fingerprint density at radius 3 is 2.17 bits per heavy atom. The van der Waals surface area contributed by atoms with Crippen LogP contribution >= 0.6 is 0 Å². The lowest BCUT2D eigenvalue weighted by atomic mass is 10.1. The first-order valence-corrected chi connectivity index (χ1v) is 24.6. The number of amides is 5. The van der Waals surface area contributed by atoms with Crippen LogP contribution in [-0.4, -0.2) is 139 Å². The van der Waals surface area contributed by atoms with Gasteiger partial charge >= 0.3 is 0 Å². The second kappa shape index (κ2) is 22.4. The van der Waals surface area contributed by atoms with Crippen molar-refractivity contribution in [2.45, 2.75) is 77.7 Å². The molecule has 2 aliphatic rings. The Labute approximate surface area is 413 Å². The van der Waals surface area contributed by atoms with Crippen LogP contribution in [0.3, 0.4) is 0 Å². The third-order valence-corrected chi connectivity index (χ3v) is 12.6. The molecule has 8 rings (SSSR count). The lowest BCUT2D eigenvalue weighted by Crippen LogP contribution is -2.55. The molecular weight excluding hydrogens is 953 g/mol. The van der Waals surface area contributed by atoms with Gasteiger partial charge in [0, 0.05) is 83.4 Å². The van der Waals surface area contributed by atoms with E-state index in [2.05, 4.69) is 25.8 Å². The number of imidazole rings is 2. The summed E-state index contributed by atoms with van der Waals surface area (Å²) in [4.78, 5) is 84.4. The summed E-state index contributed by atoms with van der Waals surface area (Å²) in [7, 11) is -2.23. The van der Waals surface area contributed by atoms with Crippen molar-refractivity contribution in [1.29, 1.82) is 0 Å². The second-order valence-electron chi connectivity index (χ2n) is 16.7. The molecule has 0 unspecified atom stereocenters. The van der Waals surface area contributed by atoms with Crippen molar-refractivity contribution in [2.24, 2.45) is 10.9 Å². The van der Waals surface area contributed by atoms with Gasteiger partial charge < -0.3 is 34.6 Å². The fourth-order valence-electron chi connectivity index (χ4n) is 8.08. The summed E-state index contributed by atoms with van der Waals surface area (Å²) in [6.07, 6.45) is 7.22. The van der Waals surface area contributed by atoms with Crippen molar-refractivity contribution in [3.8, 4) is 5.75 Å². The maximum Gasteiger partial charge on any atom is 0.276 e. The van der Waals surface area contributed by atoms with E-state index >= 15 is 0 Å². The monoisotopic (exact) mass is 1010 g/mol. The number of rotatable bonds is 21. The molecule has 4 aromatic heterocycles. The quantitative estimate of drug-likeness (QED) is 0.0349. The van der Waals surface area contributed by atoms with Gasteiger partial charge in [-0.1, -0.05) is 12.2 Å². The molecular formula is C47H56N14O10S. The van der Waals surface area contributed by atoms with Gasteiger partial charge in [-0.25, -0.2) is 23.5 Å². The number of aromatic nitrogens is 8. The molecule has 25 heteroatoms. The summed E-state index contributed by atoms with van der Waals surface area (Å²) >= 11 is 0. The average Bonchev–Trinajstić information content (AvgIpc) is 4.16. The number of benzene rings is 2. The highest BCUT2D eigenvalue weighted by molar-refractivity contribution is 7.89. The number of carbonyl (C=O) groups is 6. The van der Waals surface area contributed by atoms with Crippen molar-refractivity contribution >= 4 is 79.8 Å². The molecule has 72 heavy (non-hydrogen) atoms. The molecule has 6 heterocycles. The molecule has 2 aliphatic heterocycles. The van der Waals surface area contributed by atoms with E-state index in [1.807, 2.05) is 37.5 Å². The molecule has 2 aromatic carbocycles. The topological polar surface area (TPSA) is 309 Å². The van der Waals surface area contributed by atoms with Crippen LogP contribution in [0.15, 0.2) is 71.7 Å². The van der Waals surface area contributed by atoms with E-state index in [9.17, 15) is 37.2 Å². The maximum absolute atomic E-state index is 13.7. The highest BCUT2D eigenvalue weighted by atomic mass is 32.2. The molecule has 0 spiro atoms. The lowest BCUT2D eigenvalue weighted by molar-refractivity contribution is -0.146.